The summed E-state index contributed by atoms with van der Waals surface area (Å²) in [6.07, 6.45) is 1.31. The molecule has 1 saturated heterocycles. The Labute approximate surface area is 146 Å². The minimum Gasteiger partial charge on any atom is -0.327 e. The van der Waals surface area contributed by atoms with Crippen molar-refractivity contribution in [2.24, 2.45) is 0 Å². The van der Waals surface area contributed by atoms with Crippen LogP contribution in [0.1, 0.15) is 34.3 Å². The van der Waals surface area contributed by atoms with Crippen molar-refractivity contribution >= 4 is 17.5 Å². The van der Waals surface area contributed by atoms with Gasteiger partial charge >= 0.3 is 0 Å². The Morgan fingerprint density at radius 1 is 1.08 bits per heavy atom. The molecule has 0 aliphatic carbocycles. The fourth-order valence-corrected chi connectivity index (χ4v) is 3.29. The number of likely N-dealkylation sites (tertiary alicyclic amines) is 1. The summed E-state index contributed by atoms with van der Waals surface area (Å²) in [5.41, 5.74) is 2.73. The third kappa shape index (κ3) is 3.40. The highest BCUT2D eigenvalue weighted by Crippen LogP contribution is 2.25. The van der Waals surface area contributed by atoms with Crippen molar-refractivity contribution in [1.82, 2.24) is 4.90 Å². The van der Waals surface area contributed by atoms with Crippen molar-refractivity contribution in [3.05, 3.63) is 65.0 Å². The predicted octanol–water partition coefficient (Wildman–Crippen LogP) is 3.69. The van der Waals surface area contributed by atoms with Crippen molar-refractivity contribution in [3.8, 4) is 0 Å². The molecule has 1 fully saturated rings. The number of halogens is 1. The van der Waals surface area contributed by atoms with Crippen LogP contribution in [0.25, 0.3) is 0 Å². The lowest BCUT2D eigenvalue weighted by molar-refractivity contribution is -0.119. The Hall–Kier alpha value is -2.69. The highest BCUT2D eigenvalue weighted by Gasteiger charge is 2.35. The first-order valence-corrected chi connectivity index (χ1v) is 8.41. The van der Waals surface area contributed by atoms with E-state index >= 15 is 0 Å². The summed E-state index contributed by atoms with van der Waals surface area (Å²) in [5.74, 6) is -1.22. The van der Waals surface area contributed by atoms with Crippen LogP contribution in [-0.4, -0.2) is 29.3 Å². The standard InChI is InChI=1S/C20H21FN2O2/c1-13-7-5-8-14(2)18(13)22-19(24)17-11-6-12-23(17)20(25)15-9-3-4-10-16(15)21/h3-5,7-10,17H,6,11-12H2,1-2H3,(H,22,24)/t17-/m0/s1. The maximum atomic E-state index is 13.9. The molecule has 1 aliphatic rings. The summed E-state index contributed by atoms with van der Waals surface area (Å²) >= 11 is 0. The molecule has 1 aliphatic heterocycles. The smallest absolute Gasteiger partial charge is 0.257 e. The fraction of sp³-hybridized carbons (Fsp3) is 0.300. The minimum atomic E-state index is -0.578. The highest BCUT2D eigenvalue weighted by molar-refractivity contribution is 6.02. The molecule has 5 heteroatoms. The molecule has 3 rings (SSSR count). The Balaban J connectivity index is 1.81. The molecule has 4 nitrogen and oxygen atoms in total. The zero-order valence-electron chi connectivity index (χ0n) is 14.4. The number of amides is 2. The van der Waals surface area contributed by atoms with E-state index in [1.165, 1.54) is 17.0 Å². The second kappa shape index (κ2) is 7.05. The number of rotatable bonds is 3. The van der Waals surface area contributed by atoms with Crippen molar-refractivity contribution in [1.29, 1.82) is 0 Å². The van der Waals surface area contributed by atoms with Gasteiger partial charge in [0, 0.05) is 12.2 Å². The van der Waals surface area contributed by atoms with E-state index in [4.69, 9.17) is 0 Å². The molecule has 130 valence electrons. The van der Waals surface area contributed by atoms with E-state index < -0.39 is 17.8 Å². The average Bonchev–Trinajstić information content (AvgIpc) is 3.08. The van der Waals surface area contributed by atoms with Gasteiger partial charge in [-0.1, -0.05) is 30.3 Å². The van der Waals surface area contributed by atoms with E-state index in [1.807, 2.05) is 32.0 Å². The van der Waals surface area contributed by atoms with E-state index in [0.29, 0.717) is 13.0 Å². The number of carbonyl (C=O) groups excluding carboxylic acids is 2. The molecule has 0 saturated carbocycles. The van der Waals surface area contributed by atoms with Gasteiger partial charge in [0.1, 0.15) is 11.9 Å². The quantitative estimate of drug-likeness (QED) is 0.926. The maximum Gasteiger partial charge on any atom is 0.257 e. The summed E-state index contributed by atoms with van der Waals surface area (Å²) in [4.78, 5) is 26.9. The van der Waals surface area contributed by atoms with Gasteiger partial charge in [-0.05, 0) is 49.9 Å². The van der Waals surface area contributed by atoms with Gasteiger partial charge in [-0.3, -0.25) is 9.59 Å². The molecule has 2 aromatic rings. The zero-order chi connectivity index (χ0) is 18.0. The van der Waals surface area contributed by atoms with Crippen LogP contribution in [-0.2, 0) is 4.79 Å². The van der Waals surface area contributed by atoms with Gasteiger partial charge in [-0.15, -0.1) is 0 Å². The Morgan fingerprint density at radius 2 is 1.76 bits per heavy atom. The van der Waals surface area contributed by atoms with Gasteiger partial charge in [0.05, 0.1) is 5.56 Å². The summed E-state index contributed by atoms with van der Waals surface area (Å²) in [6.45, 7) is 4.32. The van der Waals surface area contributed by atoms with Crippen LogP contribution < -0.4 is 5.32 Å². The van der Waals surface area contributed by atoms with Crippen molar-refractivity contribution < 1.29 is 14.0 Å². The number of para-hydroxylation sites is 1. The van der Waals surface area contributed by atoms with E-state index in [2.05, 4.69) is 5.32 Å². The summed E-state index contributed by atoms with van der Waals surface area (Å²) in [7, 11) is 0. The largest absolute Gasteiger partial charge is 0.327 e. The second-order valence-corrected chi connectivity index (χ2v) is 6.39. The Bertz CT molecular complexity index is 799. The normalized spacial score (nSPS) is 16.8. The Morgan fingerprint density at radius 3 is 2.44 bits per heavy atom. The van der Waals surface area contributed by atoms with Crippen molar-refractivity contribution in [3.63, 3.8) is 0 Å². The molecule has 0 spiro atoms. The molecule has 1 atom stereocenters. The molecule has 0 radical (unpaired) electrons. The number of nitrogens with one attached hydrogen (secondary N) is 1. The number of nitrogens with zero attached hydrogens (tertiary/aromatic N) is 1. The third-order valence-electron chi connectivity index (χ3n) is 4.65. The second-order valence-electron chi connectivity index (χ2n) is 6.39. The molecule has 2 aromatic carbocycles. The van der Waals surface area contributed by atoms with Gasteiger partial charge in [-0.25, -0.2) is 4.39 Å². The molecule has 0 aromatic heterocycles. The van der Waals surface area contributed by atoms with Gasteiger partial charge < -0.3 is 10.2 Å². The number of anilines is 1. The fourth-order valence-electron chi connectivity index (χ4n) is 3.29. The average molecular weight is 340 g/mol. The first kappa shape index (κ1) is 17.1. The van der Waals surface area contributed by atoms with E-state index in [-0.39, 0.29) is 11.5 Å². The molecular weight excluding hydrogens is 319 g/mol. The third-order valence-corrected chi connectivity index (χ3v) is 4.65. The van der Waals surface area contributed by atoms with Crippen LogP contribution in [0.5, 0.6) is 0 Å². The zero-order valence-corrected chi connectivity index (χ0v) is 14.4. The Kier molecular flexibility index (Phi) is 4.83. The lowest BCUT2D eigenvalue weighted by Crippen LogP contribution is -2.43. The first-order valence-electron chi connectivity index (χ1n) is 8.41. The van der Waals surface area contributed by atoms with Gasteiger partial charge in [0.2, 0.25) is 5.91 Å². The van der Waals surface area contributed by atoms with Gasteiger partial charge in [0.25, 0.3) is 5.91 Å². The minimum absolute atomic E-state index is 0.00859. The number of benzene rings is 2. The van der Waals surface area contributed by atoms with Crippen LogP contribution in [0.2, 0.25) is 0 Å². The van der Waals surface area contributed by atoms with Crippen LogP contribution in [0.15, 0.2) is 42.5 Å². The molecule has 0 bridgehead atoms. The number of carbonyl (C=O) groups is 2. The predicted molar refractivity (Wildman–Crippen MR) is 95.0 cm³/mol. The van der Waals surface area contributed by atoms with Crippen LogP contribution >= 0.6 is 0 Å². The van der Waals surface area contributed by atoms with E-state index in [0.717, 1.165) is 23.2 Å². The van der Waals surface area contributed by atoms with Crippen LogP contribution in [0, 0.1) is 19.7 Å². The summed E-state index contributed by atoms with van der Waals surface area (Å²) < 4.78 is 13.9. The highest BCUT2D eigenvalue weighted by atomic mass is 19.1. The van der Waals surface area contributed by atoms with Crippen LogP contribution in [0.3, 0.4) is 0 Å². The lowest BCUT2D eigenvalue weighted by atomic mass is 10.1. The van der Waals surface area contributed by atoms with E-state index in [1.54, 1.807) is 12.1 Å². The number of hydrogen-bond donors (Lipinski definition) is 1. The van der Waals surface area contributed by atoms with Gasteiger partial charge in [0.15, 0.2) is 0 Å². The van der Waals surface area contributed by atoms with Crippen molar-refractivity contribution in [2.75, 3.05) is 11.9 Å². The topological polar surface area (TPSA) is 49.4 Å². The molecule has 25 heavy (non-hydrogen) atoms. The lowest BCUT2D eigenvalue weighted by Gasteiger charge is -2.25. The van der Waals surface area contributed by atoms with E-state index in [9.17, 15) is 14.0 Å². The molecule has 2 amide bonds. The molecule has 1 heterocycles. The number of aryl methyl sites for hydroxylation is 2. The molecular formula is C20H21FN2O2. The molecule has 1 N–H and O–H groups in total. The summed E-state index contributed by atoms with van der Waals surface area (Å²) in [5, 5.41) is 2.94. The monoisotopic (exact) mass is 340 g/mol. The molecule has 0 unspecified atom stereocenters. The van der Waals surface area contributed by atoms with Crippen molar-refractivity contribution in [2.45, 2.75) is 32.7 Å². The number of hydrogen-bond acceptors (Lipinski definition) is 2. The first-order chi connectivity index (χ1) is 12.0. The summed E-state index contributed by atoms with van der Waals surface area (Å²) in [6, 6.07) is 11.1. The van der Waals surface area contributed by atoms with Crippen LogP contribution in [0.4, 0.5) is 10.1 Å². The van der Waals surface area contributed by atoms with Gasteiger partial charge in [-0.2, -0.15) is 0 Å². The SMILES string of the molecule is Cc1cccc(C)c1NC(=O)[C@@H]1CCCN1C(=O)c1ccccc1F. The maximum absolute atomic E-state index is 13.9.